The monoisotopic (exact) mass is 368 g/mol. The Morgan fingerprint density at radius 2 is 1.77 bits per heavy atom. The van der Waals surface area contributed by atoms with Gasteiger partial charge in [-0.3, -0.25) is 4.79 Å². The standard InChI is InChI=1S/C19H20F4N2O/c1-25(2)11-10-17(13-6-8-16(20)9-7-13)24-18(26)14-4-3-5-15(12-14)19(21,22)23/h3-9,12,17H,10-11H2,1-2H3,(H,24,26). The quantitative estimate of drug-likeness (QED) is 0.773. The maximum Gasteiger partial charge on any atom is 0.416 e. The van der Waals surface area contributed by atoms with E-state index in [1.807, 2.05) is 19.0 Å². The van der Waals surface area contributed by atoms with E-state index in [1.165, 1.54) is 24.3 Å². The topological polar surface area (TPSA) is 32.3 Å². The third-order valence-corrected chi connectivity index (χ3v) is 3.89. The van der Waals surface area contributed by atoms with E-state index >= 15 is 0 Å². The number of rotatable bonds is 6. The number of carbonyl (C=O) groups excluding carboxylic acids is 1. The van der Waals surface area contributed by atoms with E-state index in [9.17, 15) is 22.4 Å². The molecule has 0 saturated heterocycles. The zero-order valence-electron chi connectivity index (χ0n) is 14.5. The van der Waals surface area contributed by atoms with Crippen LogP contribution in [0.3, 0.4) is 0 Å². The average Bonchev–Trinajstić information content (AvgIpc) is 2.58. The molecule has 0 spiro atoms. The lowest BCUT2D eigenvalue weighted by Crippen LogP contribution is -2.31. The fourth-order valence-corrected chi connectivity index (χ4v) is 2.48. The van der Waals surface area contributed by atoms with Gasteiger partial charge in [0.25, 0.3) is 5.91 Å². The minimum absolute atomic E-state index is 0.0724. The molecule has 0 heterocycles. The van der Waals surface area contributed by atoms with Crippen molar-refractivity contribution in [3.8, 4) is 0 Å². The van der Waals surface area contributed by atoms with Crippen LogP contribution in [0.4, 0.5) is 17.6 Å². The van der Waals surface area contributed by atoms with Crippen LogP contribution in [0, 0.1) is 5.82 Å². The molecule has 1 amide bonds. The highest BCUT2D eigenvalue weighted by atomic mass is 19.4. The summed E-state index contributed by atoms with van der Waals surface area (Å²) in [6.07, 6.45) is -3.99. The summed E-state index contributed by atoms with van der Waals surface area (Å²) in [6, 6.07) is 9.51. The fraction of sp³-hybridized carbons (Fsp3) is 0.316. The molecule has 0 aliphatic rings. The Morgan fingerprint density at radius 3 is 2.35 bits per heavy atom. The Bertz CT molecular complexity index is 742. The van der Waals surface area contributed by atoms with Crippen LogP contribution in [0.15, 0.2) is 48.5 Å². The highest BCUT2D eigenvalue weighted by Crippen LogP contribution is 2.29. The first-order valence-corrected chi connectivity index (χ1v) is 8.05. The Kier molecular flexibility index (Phi) is 6.37. The van der Waals surface area contributed by atoms with Crippen LogP contribution in [-0.2, 0) is 6.18 Å². The van der Waals surface area contributed by atoms with E-state index in [0.29, 0.717) is 18.5 Å². The van der Waals surface area contributed by atoms with Crippen molar-refractivity contribution in [2.24, 2.45) is 0 Å². The molecule has 7 heteroatoms. The molecular formula is C19H20F4N2O. The highest BCUT2D eigenvalue weighted by molar-refractivity contribution is 5.94. The van der Waals surface area contributed by atoms with Gasteiger partial charge in [0.1, 0.15) is 5.82 Å². The van der Waals surface area contributed by atoms with Crippen molar-refractivity contribution >= 4 is 5.91 Å². The molecule has 140 valence electrons. The van der Waals surface area contributed by atoms with Crippen molar-refractivity contribution in [2.75, 3.05) is 20.6 Å². The summed E-state index contributed by atoms with van der Waals surface area (Å²) in [5.41, 5.74) is -0.262. The van der Waals surface area contributed by atoms with E-state index < -0.39 is 29.5 Å². The third kappa shape index (κ3) is 5.56. The number of hydrogen-bond donors (Lipinski definition) is 1. The van der Waals surface area contributed by atoms with Crippen LogP contribution in [0.5, 0.6) is 0 Å². The largest absolute Gasteiger partial charge is 0.416 e. The molecule has 1 N–H and O–H groups in total. The molecule has 3 nitrogen and oxygen atoms in total. The van der Waals surface area contributed by atoms with Gasteiger partial charge < -0.3 is 10.2 Å². The van der Waals surface area contributed by atoms with Crippen LogP contribution >= 0.6 is 0 Å². The molecule has 2 aromatic rings. The number of carbonyl (C=O) groups is 1. The summed E-state index contributed by atoms with van der Waals surface area (Å²) in [4.78, 5) is 14.4. The Balaban J connectivity index is 2.21. The Hall–Kier alpha value is -2.41. The van der Waals surface area contributed by atoms with Gasteiger partial charge in [-0.15, -0.1) is 0 Å². The van der Waals surface area contributed by atoms with Gasteiger partial charge in [-0.1, -0.05) is 18.2 Å². The van der Waals surface area contributed by atoms with E-state index in [1.54, 1.807) is 12.1 Å². The summed E-state index contributed by atoms with van der Waals surface area (Å²) < 4.78 is 51.6. The van der Waals surface area contributed by atoms with Crippen molar-refractivity contribution in [1.82, 2.24) is 10.2 Å². The third-order valence-electron chi connectivity index (χ3n) is 3.89. The lowest BCUT2D eigenvalue weighted by atomic mass is 10.0. The van der Waals surface area contributed by atoms with Crippen LogP contribution in [-0.4, -0.2) is 31.4 Å². The molecular weight excluding hydrogens is 348 g/mol. The van der Waals surface area contributed by atoms with Crippen LogP contribution in [0.1, 0.15) is 33.9 Å². The number of alkyl halides is 3. The average molecular weight is 368 g/mol. The van der Waals surface area contributed by atoms with Crippen molar-refractivity contribution in [1.29, 1.82) is 0 Å². The molecule has 2 rings (SSSR count). The van der Waals surface area contributed by atoms with E-state index in [0.717, 1.165) is 12.1 Å². The molecule has 26 heavy (non-hydrogen) atoms. The van der Waals surface area contributed by atoms with Crippen molar-refractivity contribution in [3.63, 3.8) is 0 Å². The number of nitrogens with zero attached hydrogens (tertiary/aromatic N) is 1. The molecule has 0 bridgehead atoms. The van der Waals surface area contributed by atoms with E-state index in [4.69, 9.17) is 0 Å². The normalized spacial score (nSPS) is 12.9. The van der Waals surface area contributed by atoms with Gasteiger partial charge in [0, 0.05) is 5.56 Å². The summed E-state index contributed by atoms with van der Waals surface area (Å²) in [5, 5.41) is 2.75. The number of nitrogens with one attached hydrogen (secondary N) is 1. The maximum atomic E-state index is 13.1. The summed E-state index contributed by atoms with van der Waals surface area (Å²) in [7, 11) is 3.74. The first-order valence-electron chi connectivity index (χ1n) is 8.05. The fourth-order valence-electron chi connectivity index (χ4n) is 2.48. The number of amides is 1. The number of benzene rings is 2. The molecule has 1 atom stereocenters. The molecule has 0 aliphatic carbocycles. The van der Waals surface area contributed by atoms with Crippen molar-refractivity contribution < 1.29 is 22.4 Å². The number of hydrogen-bond acceptors (Lipinski definition) is 2. The maximum absolute atomic E-state index is 13.1. The molecule has 0 aromatic heterocycles. The van der Waals surface area contributed by atoms with Gasteiger partial charge in [-0.05, 0) is 63.0 Å². The van der Waals surface area contributed by atoms with Crippen molar-refractivity contribution in [2.45, 2.75) is 18.6 Å². The Labute approximate surface area is 149 Å². The zero-order chi connectivity index (χ0) is 19.3. The van der Waals surface area contributed by atoms with Gasteiger partial charge in [0.2, 0.25) is 0 Å². The van der Waals surface area contributed by atoms with Crippen LogP contribution in [0.2, 0.25) is 0 Å². The lowest BCUT2D eigenvalue weighted by molar-refractivity contribution is -0.137. The summed E-state index contributed by atoms with van der Waals surface area (Å²) >= 11 is 0. The first-order chi connectivity index (χ1) is 12.2. The smallest absolute Gasteiger partial charge is 0.345 e. The number of halogens is 4. The predicted molar refractivity (Wildman–Crippen MR) is 91.2 cm³/mol. The molecule has 0 saturated carbocycles. The SMILES string of the molecule is CN(C)CCC(NC(=O)c1cccc(C(F)(F)F)c1)c1ccc(F)cc1. The molecule has 2 aromatic carbocycles. The second kappa shape index (κ2) is 8.31. The highest BCUT2D eigenvalue weighted by Gasteiger charge is 2.31. The molecule has 0 aliphatic heterocycles. The van der Waals surface area contributed by atoms with Gasteiger partial charge in [-0.2, -0.15) is 13.2 Å². The summed E-state index contributed by atoms with van der Waals surface area (Å²) in [6.45, 7) is 0.644. The minimum atomic E-state index is -4.52. The lowest BCUT2D eigenvalue weighted by Gasteiger charge is -2.21. The summed E-state index contributed by atoms with van der Waals surface area (Å²) in [5.74, 6) is -1.01. The van der Waals surface area contributed by atoms with Gasteiger partial charge in [0.05, 0.1) is 11.6 Å². The molecule has 1 unspecified atom stereocenters. The van der Waals surface area contributed by atoms with E-state index in [-0.39, 0.29) is 5.56 Å². The minimum Gasteiger partial charge on any atom is -0.345 e. The Morgan fingerprint density at radius 1 is 1.12 bits per heavy atom. The van der Waals surface area contributed by atoms with Crippen molar-refractivity contribution in [3.05, 3.63) is 71.0 Å². The van der Waals surface area contributed by atoms with Gasteiger partial charge >= 0.3 is 6.18 Å². The first kappa shape index (κ1) is 19.9. The second-order valence-electron chi connectivity index (χ2n) is 6.25. The van der Waals surface area contributed by atoms with Crippen LogP contribution < -0.4 is 5.32 Å². The van der Waals surface area contributed by atoms with Gasteiger partial charge in [0.15, 0.2) is 0 Å². The zero-order valence-corrected chi connectivity index (χ0v) is 14.5. The second-order valence-corrected chi connectivity index (χ2v) is 6.25. The molecule has 0 fully saturated rings. The van der Waals surface area contributed by atoms with Gasteiger partial charge in [-0.25, -0.2) is 4.39 Å². The van der Waals surface area contributed by atoms with E-state index in [2.05, 4.69) is 5.32 Å². The van der Waals surface area contributed by atoms with Crippen LogP contribution in [0.25, 0.3) is 0 Å². The predicted octanol–water partition coefficient (Wildman–Crippen LogP) is 4.27. The molecule has 0 radical (unpaired) electrons.